The fourth-order valence-electron chi connectivity index (χ4n) is 4.84. The van der Waals surface area contributed by atoms with Crippen LogP contribution in [-0.4, -0.2) is 53.4 Å². The number of rotatable bonds is 8. The van der Waals surface area contributed by atoms with E-state index in [9.17, 15) is 4.79 Å². The summed E-state index contributed by atoms with van der Waals surface area (Å²) >= 11 is 0. The number of hydrogen-bond acceptors (Lipinski definition) is 7. The van der Waals surface area contributed by atoms with Crippen LogP contribution in [0.25, 0.3) is 10.9 Å². The van der Waals surface area contributed by atoms with E-state index in [1.165, 1.54) is 22.0 Å². The highest BCUT2D eigenvalue weighted by atomic mass is 16.8. The average molecular weight is 479 g/mol. The lowest BCUT2D eigenvalue weighted by Gasteiger charge is -2.32. The van der Waals surface area contributed by atoms with Crippen molar-refractivity contribution in [2.75, 3.05) is 31.1 Å². The number of aromatic nitrogens is 3. The second kappa shape index (κ2) is 11.2. The van der Waals surface area contributed by atoms with Crippen LogP contribution in [0, 0.1) is 12.8 Å². The quantitative estimate of drug-likeness (QED) is 0.426. The van der Waals surface area contributed by atoms with Crippen LogP contribution in [0.5, 0.6) is 0 Å². The molecule has 5 rings (SSSR count). The number of piperidine rings is 1. The lowest BCUT2D eigenvalue weighted by atomic mass is 9.97. The van der Waals surface area contributed by atoms with Crippen molar-refractivity contribution in [3.63, 3.8) is 0 Å². The van der Waals surface area contributed by atoms with E-state index in [4.69, 9.17) is 9.57 Å². The Morgan fingerprint density at radius 1 is 1.20 bits per heavy atom. The number of aryl methyl sites for hydroxylation is 1. The number of nitrogens with zero attached hydrogens (tertiary/aromatic N) is 3. The second-order valence-electron chi connectivity index (χ2n) is 9.49. The number of aromatic amines is 1. The number of para-hydroxylation sites is 1. The van der Waals surface area contributed by atoms with Gasteiger partial charge < -0.3 is 19.9 Å². The standard InChI is InChI=1S/C26H34N6O3/c1-18-5-4-6-22-20(15-28-24(18)22)14-27-13-19-8-10-32(11-9-19)26-29-16-21(17-30-26)25(33)31-35-23-7-2-3-12-34-23/h4-6,15-17,19,23,27-28H,2-3,7-14H2,1H3,(H,31,33). The molecule has 1 aromatic carbocycles. The summed E-state index contributed by atoms with van der Waals surface area (Å²) in [7, 11) is 0. The summed E-state index contributed by atoms with van der Waals surface area (Å²) in [4.78, 5) is 32.1. The van der Waals surface area contributed by atoms with Crippen LogP contribution in [0.3, 0.4) is 0 Å². The number of carbonyl (C=O) groups excluding carboxylic acids is 1. The van der Waals surface area contributed by atoms with Gasteiger partial charge in [0.15, 0.2) is 6.29 Å². The summed E-state index contributed by atoms with van der Waals surface area (Å²) in [5, 5.41) is 4.95. The van der Waals surface area contributed by atoms with E-state index in [0.717, 1.165) is 58.3 Å². The number of fused-ring (bicyclic) bond motifs is 1. The number of H-pyrrole nitrogens is 1. The molecule has 2 fully saturated rings. The first kappa shape index (κ1) is 23.7. The number of hydrogen-bond donors (Lipinski definition) is 3. The Bertz CT molecular complexity index is 1120. The number of ether oxygens (including phenoxy) is 1. The number of anilines is 1. The molecule has 0 saturated carbocycles. The third-order valence-electron chi connectivity index (χ3n) is 6.98. The Morgan fingerprint density at radius 2 is 2.03 bits per heavy atom. The molecule has 2 aliphatic heterocycles. The van der Waals surface area contributed by atoms with Gasteiger partial charge in [-0.15, -0.1) is 0 Å². The molecule has 9 nitrogen and oxygen atoms in total. The molecule has 0 spiro atoms. The van der Waals surface area contributed by atoms with Gasteiger partial charge in [0.1, 0.15) is 0 Å². The van der Waals surface area contributed by atoms with Gasteiger partial charge in [0, 0.05) is 62.2 Å². The maximum absolute atomic E-state index is 12.3. The molecular formula is C26H34N6O3. The smallest absolute Gasteiger partial charge is 0.278 e. The zero-order chi connectivity index (χ0) is 24.0. The Labute approximate surface area is 205 Å². The molecule has 0 aliphatic carbocycles. The molecule has 1 amide bonds. The Balaban J connectivity index is 1.05. The van der Waals surface area contributed by atoms with E-state index in [-0.39, 0.29) is 12.2 Å². The van der Waals surface area contributed by atoms with Crippen molar-refractivity contribution in [3.05, 3.63) is 53.5 Å². The molecule has 3 N–H and O–H groups in total. The topological polar surface area (TPSA) is 104 Å². The van der Waals surface area contributed by atoms with E-state index in [1.807, 2.05) is 0 Å². The van der Waals surface area contributed by atoms with E-state index in [1.54, 1.807) is 12.4 Å². The highest BCUT2D eigenvalue weighted by Crippen LogP contribution is 2.23. The number of hydroxylamine groups is 1. The largest absolute Gasteiger partial charge is 0.361 e. The molecule has 2 saturated heterocycles. The summed E-state index contributed by atoms with van der Waals surface area (Å²) < 4.78 is 5.46. The van der Waals surface area contributed by atoms with Crippen molar-refractivity contribution in [3.8, 4) is 0 Å². The molecule has 1 unspecified atom stereocenters. The van der Waals surface area contributed by atoms with Gasteiger partial charge in [0.25, 0.3) is 5.91 Å². The van der Waals surface area contributed by atoms with Crippen LogP contribution < -0.4 is 15.7 Å². The Morgan fingerprint density at radius 3 is 2.80 bits per heavy atom. The maximum Gasteiger partial charge on any atom is 0.278 e. The van der Waals surface area contributed by atoms with Gasteiger partial charge in [0.2, 0.25) is 5.95 Å². The first-order valence-corrected chi connectivity index (χ1v) is 12.6. The van der Waals surface area contributed by atoms with Gasteiger partial charge in [0.05, 0.1) is 5.56 Å². The predicted octanol–water partition coefficient (Wildman–Crippen LogP) is 3.46. The zero-order valence-corrected chi connectivity index (χ0v) is 20.3. The average Bonchev–Trinajstić information content (AvgIpc) is 3.33. The van der Waals surface area contributed by atoms with Gasteiger partial charge in [-0.2, -0.15) is 0 Å². The summed E-state index contributed by atoms with van der Waals surface area (Å²) in [6.07, 6.45) is 9.86. The Hall–Kier alpha value is -3.01. The summed E-state index contributed by atoms with van der Waals surface area (Å²) in [5.41, 5.74) is 6.64. The third-order valence-corrected chi connectivity index (χ3v) is 6.98. The fourth-order valence-corrected chi connectivity index (χ4v) is 4.84. The monoisotopic (exact) mass is 478 g/mol. The molecule has 4 heterocycles. The molecule has 186 valence electrons. The van der Waals surface area contributed by atoms with Crippen LogP contribution in [0.2, 0.25) is 0 Å². The number of amides is 1. The van der Waals surface area contributed by atoms with Crippen molar-refractivity contribution in [1.82, 2.24) is 25.7 Å². The highest BCUT2D eigenvalue weighted by Gasteiger charge is 2.22. The molecule has 2 aliphatic rings. The van der Waals surface area contributed by atoms with Crippen LogP contribution in [-0.2, 0) is 16.1 Å². The molecule has 0 radical (unpaired) electrons. The van der Waals surface area contributed by atoms with Gasteiger partial charge in [-0.05, 0) is 56.2 Å². The zero-order valence-electron chi connectivity index (χ0n) is 20.3. The normalized spacial score (nSPS) is 19.2. The van der Waals surface area contributed by atoms with E-state index in [2.05, 4.69) is 62.0 Å². The molecule has 9 heteroatoms. The lowest BCUT2D eigenvalue weighted by molar-refractivity contribution is -0.186. The molecular weight excluding hydrogens is 444 g/mol. The molecule has 2 aromatic heterocycles. The van der Waals surface area contributed by atoms with Gasteiger partial charge in [-0.25, -0.2) is 20.3 Å². The van der Waals surface area contributed by atoms with Crippen molar-refractivity contribution in [2.24, 2.45) is 5.92 Å². The van der Waals surface area contributed by atoms with Crippen molar-refractivity contribution in [1.29, 1.82) is 0 Å². The fraction of sp³-hybridized carbons (Fsp3) is 0.500. The molecule has 1 atom stereocenters. The minimum Gasteiger partial charge on any atom is -0.361 e. The third kappa shape index (κ3) is 5.80. The minimum absolute atomic E-state index is 0.360. The minimum atomic E-state index is -0.379. The second-order valence-corrected chi connectivity index (χ2v) is 9.49. The van der Waals surface area contributed by atoms with Crippen LogP contribution in [0.15, 0.2) is 36.8 Å². The van der Waals surface area contributed by atoms with Crippen molar-refractivity contribution in [2.45, 2.75) is 51.9 Å². The summed E-state index contributed by atoms with van der Waals surface area (Å²) in [5.74, 6) is 0.932. The van der Waals surface area contributed by atoms with Crippen LogP contribution >= 0.6 is 0 Å². The number of carbonyl (C=O) groups is 1. The summed E-state index contributed by atoms with van der Waals surface area (Å²) in [6.45, 7) is 6.48. The van der Waals surface area contributed by atoms with E-state index in [0.29, 0.717) is 24.0 Å². The molecule has 0 bridgehead atoms. The first-order chi connectivity index (χ1) is 17.2. The first-order valence-electron chi connectivity index (χ1n) is 12.6. The Kier molecular flexibility index (Phi) is 7.56. The summed E-state index contributed by atoms with van der Waals surface area (Å²) in [6, 6.07) is 6.44. The van der Waals surface area contributed by atoms with E-state index < -0.39 is 0 Å². The molecule has 35 heavy (non-hydrogen) atoms. The van der Waals surface area contributed by atoms with Crippen LogP contribution in [0.4, 0.5) is 5.95 Å². The maximum atomic E-state index is 12.3. The number of benzene rings is 1. The van der Waals surface area contributed by atoms with Crippen molar-refractivity contribution >= 4 is 22.8 Å². The molecule has 3 aromatic rings. The van der Waals surface area contributed by atoms with E-state index >= 15 is 0 Å². The highest BCUT2D eigenvalue weighted by molar-refractivity contribution is 5.92. The van der Waals surface area contributed by atoms with Crippen molar-refractivity contribution < 1.29 is 14.4 Å². The SMILES string of the molecule is Cc1cccc2c(CNCC3CCN(c4ncc(C(=O)NOC5CCCCO5)cn4)CC3)c[nH]c12. The van der Waals surface area contributed by atoms with Gasteiger partial charge in [-0.3, -0.25) is 4.79 Å². The number of nitrogens with one attached hydrogen (secondary N) is 3. The lowest BCUT2D eigenvalue weighted by Crippen LogP contribution is -2.38. The van der Waals surface area contributed by atoms with Gasteiger partial charge in [-0.1, -0.05) is 18.2 Å². The predicted molar refractivity (Wildman–Crippen MR) is 134 cm³/mol. The van der Waals surface area contributed by atoms with Crippen LogP contribution in [0.1, 0.15) is 53.6 Å². The van der Waals surface area contributed by atoms with Gasteiger partial charge >= 0.3 is 0 Å².